The highest BCUT2D eigenvalue weighted by atomic mass is 19.1. The molecular weight excluding hydrogens is 357 g/mol. The summed E-state index contributed by atoms with van der Waals surface area (Å²) in [4.78, 5) is 12.1. The third kappa shape index (κ3) is 3.43. The standard InChI is InChI=1S/C19H15F3N4O/c20-13-3-1-11(2-4-13)16-8-17-19(27)24-10-18(26(17)25-16)23-9-12-7-14(21)5-6-15(12)22/h1-8,18,23H,9-10H2,(H,24,27). The second-order valence-electron chi connectivity index (χ2n) is 6.21. The minimum absolute atomic E-state index is 0.0648. The molecule has 1 unspecified atom stereocenters. The van der Waals surface area contributed by atoms with Crippen molar-refractivity contribution in [3.8, 4) is 11.3 Å². The van der Waals surface area contributed by atoms with Crippen molar-refractivity contribution in [2.45, 2.75) is 12.7 Å². The first-order chi connectivity index (χ1) is 13.0. The number of carbonyl (C=O) groups excluding carboxylic acids is 1. The van der Waals surface area contributed by atoms with Crippen LogP contribution in [0.1, 0.15) is 22.2 Å². The number of amides is 1. The van der Waals surface area contributed by atoms with Crippen LogP contribution < -0.4 is 10.6 Å². The van der Waals surface area contributed by atoms with E-state index >= 15 is 0 Å². The lowest BCUT2D eigenvalue weighted by Crippen LogP contribution is -2.45. The summed E-state index contributed by atoms with van der Waals surface area (Å²) in [5.74, 6) is -1.69. The molecular formula is C19H15F3N4O. The van der Waals surface area contributed by atoms with Crippen molar-refractivity contribution in [1.82, 2.24) is 20.4 Å². The summed E-state index contributed by atoms with van der Waals surface area (Å²) < 4.78 is 41.8. The SMILES string of the molecule is O=C1NCC(NCc2cc(F)ccc2F)n2nc(-c3ccc(F)cc3)cc21. The minimum atomic E-state index is -0.525. The normalized spacial score (nSPS) is 16.1. The van der Waals surface area contributed by atoms with Gasteiger partial charge in [0.15, 0.2) is 0 Å². The molecule has 0 fully saturated rings. The van der Waals surface area contributed by atoms with Crippen LogP contribution in [0, 0.1) is 17.5 Å². The van der Waals surface area contributed by atoms with Gasteiger partial charge in [-0.3, -0.25) is 10.1 Å². The third-order valence-electron chi connectivity index (χ3n) is 4.40. The summed E-state index contributed by atoms with van der Waals surface area (Å²) in [5.41, 5.74) is 1.70. The van der Waals surface area contributed by atoms with Crippen LogP contribution in [0.25, 0.3) is 11.3 Å². The summed E-state index contributed by atoms with van der Waals surface area (Å²) in [5, 5.41) is 10.2. The van der Waals surface area contributed by atoms with Gasteiger partial charge in [-0.1, -0.05) is 0 Å². The number of benzene rings is 2. The molecule has 4 rings (SSSR count). The van der Waals surface area contributed by atoms with Gasteiger partial charge in [0, 0.05) is 17.7 Å². The Labute approximate surface area is 152 Å². The zero-order valence-electron chi connectivity index (χ0n) is 14.0. The van der Waals surface area contributed by atoms with E-state index in [4.69, 9.17) is 0 Å². The monoisotopic (exact) mass is 372 g/mol. The molecule has 1 aliphatic heterocycles. The van der Waals surface area contributed by atoms with Crippen molar-refractivity contribution in [3.63, 3.8) is 0 Å². The molecule has 0 saturated carbocycles. The first-order valence-corrected chi connectivity index (χ1v) is 8.32. The fraction of sp³-hybridized carbons (Fsp3) is 0.158. The molecule has 2 heterocycles. The van der Waals surface area contributed by atoms with Crippen LogP contribution in [0.15, 0.2) is 48.5 Å². The molecule has 1 aromatic heterocycles. The average Bonchev–Trinajstić information content (AvgIpc) is 3.11. The summed E-state index contributed by atoms with van der Waals surface area (Å²) in [7, 11) is 0. The zero-order chi connectivity index (χ0) is 19.0. The van der Waals surface area contributed by atoms with Crippen molar-refractivity contribution < 1.29 is 18.0 Å². The molecule has 0 saturated heterocycles. The molecule has 0 spiro atoms. The molecule has 2 aromatic carbocycles. The van der Waals surface area contributed by atoms with Gasteiger partial charge in [0.1, 0.15) is 29.3 Å². The number of nitrogens with one attached hydrogen (secondary N) is 2. The molecule has 138 valence electrons. The molecule has 8 heteroatoms. The van der Waals surface area contributed by atoms with E-state index in [2.05, 4.69) is 15.7 Å². The van der Waals surface area contributed by atoms with E-state index in [0.717, 1.165) is 18.2 Å². The van der Waals surface area contributed by atoms with Crippen LogP contribution in [-0.2, 0) is 6.54 Å². The third-order valence-corrected chi connectivity index (χ3v) is 4.40. The number of hydrogen-bond acceptors (Lipinski definition) is 3. The van der Waals surface area contributed by atoms with Gasteiger partial charge < -0.3 is 5.32 Å². The lowest BCUT2D eigenvalue weighted by molar-refractivity contribution is 0.0900. The van der Waals surface area contributed by atoms with Gasteiger partial charge >= 0.3 is 0 Å². The molecule has 1 amide bonds. The largest absolute Gasteiger partial charge is 0.347 e. The Morgan fingerprint density at radius 3 is 2.59 bits per heavy atom. The number of aromatic nitrogens is 2. The second kappa shape index (κ2) is 6.88. The van der Waals surface area contributed by atoms with E-state index in [0.29, 0.717) is 17.0 Å². The second-order valence-corrected chi connectivity index (χ2v) is 6.21. The van der Waals surface area contributed by atoms with Gasteiger partial charge in [0.05, 0.1) is 12.2 Å². The summed E-state index contributed by atoms with van der Waals surface area (Å²) in [6, 6.07) is 10.6. The van der Waals surface area contributed by atoms with Crippen molar-refractivity contribution >= 4 is 5.91 Å². The van der Waals surface area contributed by atoms with Gasteiger partial charge in [0.2, 0.25) is 0 Å². The van der Waals surface area contributed by atoms with Crippen molar-refractivity contribution in [1.29, 1.82) is 0 Å². The Morgan fingerprint density at radius 2 is 1.81 bits per heavy atom. The molecule has 0 radical (unpaired) electrons. The van der Waals surface area contributed by atoms with E-state index in [-0.39, 0.29) is 30.4 Å². The van der Waals surface area contributed by atoms with Crippen LogP contribution >= 0.6 is 0 Å². The molecule has 5 nitrogen and oxygen atoms in total. The highest BCUT2D eigenvalue weighted by molar-refractivity contribution is 5.94. The fourth-order valence-corrected chi connectivity index (χ4v) is 2.99. The lowest BCUT2D eigenvalue weighted by Gasteiger charge is -2.26. The van der Waals surface area contributed by atoms with Crippen LogP contribution in [-0.4, -0.2) is 22.2 Å². The minimum Gasteiger partial charge on any atom is -0.347 e. The average molecular weight is 372 g/mol. The maximum Gasteiger partial charge on any atom is 0.269 e. The summed E-state index contributed by atoms with van der Waals surface area (Å²) >= 11 is 0. The van der Waals surface area contributed by atoms with Gasteiger partial charge in [-0.05, 0) is 48.5 Å². The highest BCUT2D eigenvalue weighted by Gasteiger charge is 2.27. The summed E-state index contributed by atoms with van der Waals surface area (Å²) in [6.45, 7) is 0.308. The molecule has 2 N–H and O–H groups in total. The number of hydrogen-bond donors (Lipinski definition) is 2. The predicted molar refractivity (Wildman–Crippen MR) is 92.2 cm³/mol. The Bertz CT molecular complexity index is 1000. The van der Waals surface area contributed by atoms with Crippen LogP contribution in [0.3, 0.4) is 0 Å². The number of halogens is 3. The van der Waals surface area contributed by atoms with E-state index in [1.807, 2.05) is 0 Å². The Balaban J connectivity index is 1.60. The maximum atomic E-state index is 13.8. The predicted octanol–water partition coefficient (Wildman–Crippen LogP) is 3.00. The number of rotatable bonds is 4. The molecule has 0 aliphatic carbocycles. The molecule has 3 aromatic rings. The maximum absolute atomic E-state index is 13.8. The van der Waals surface area contributed by atoms with E-state index in [1.54, 1.807) is 18.2 Å². The Kier molecular flexibility index (Phi) is 4.41. The molecule has 1 aliphatic rings. The van der Waals surface area contributed by atoms with Crippen LogP contribution in [0.4, 0.5) is 13.2 Å². The number of fused-ring (bicyclic) bond motifs is 1. The summed E-state index contributed by atoms with van der Waals surface area (Å²) in [6.07, 6.45) is -0.436. The van der Waals surface area contributed by atoms with Crippen molar-refractivity contribution in [2.75, 3.05) is 6.54 Å². The van der Waals surface area contributed by atoms with Crippen molar-refractivity contribution in [3.05, 3.63) is 77.2 Å². The van der Waals surface area contributed by atoms with Gasteiger partial charge in [-0.2, -0.15) is 5.10 Å². The smallest absolute Gasteiger partial charge is 0.269 e. The molecule has 27 heavy (non-hydrogen) atoms. The van der Waals surface area contributed by atoms with E-state index in [9.17, 15) is 18.0 Å². The van der Waals surface area contributed by atoms with Crippen LogP contribution in [0.5, 0.6) is 0 Å². The number of nitrogens with zero attached hydrogens (tertiary/aromatic N) is 2. The van der Waals surface area contributed by atoms with Crippen LogP contribution in [0.2, 0.25) is 0 Å². The Morgan fingerprint density at radius 1 is 1.07 bits per heavy atom. The quantitative estimate of drug-likeness (QED) is 0.740. The van der Waals surface area contributed by atoms with Gasteiger partial charge in [-0.15, -0.1) is 0 Å². The topological polar surface area (TPSA) is 59.0 Å². The molecule has 0 bridgehead atoms. The lowest BCUT2D eigenvalue weighted by atomic mass is 10.1. The van der Waals surface area contributed by atoms with Gasteiger partial charge in [0.25, 0.3) is 5.91 Å². The van der Waals surface area contributed by atoms with E-state index < -0.39 is 17.8 Å². The van der Waals surface area contributed by atoms with Gasteiger partial charge in [-0.25, -0.2) is 17.9 Å². The fourth-order valence-electron chi connectivity index (χ4n) is 2.99. The van der Waals surface area contributed by atoms with Crippen molar-refractivity contribution in [2.24, 2.45) is 0 Å². The first-order valence-electron chi connectivity index (χ1n) is 8.32. The Hall–Kier alpha value is -3.13. The van der Waals surface area contributed by atoms with E-state index in [1.165, 1.54) is 16.8 Å². The first kappa shape index (κ1) is 17.3. The zero-order valence-corrected chi connectivity index (χ0v) is 14.0. The highest BCUT2D eigenvalue weighted by Crippen LogP contribution is 2.23. The number of carbonyl (C=O) groups is 1. The molecule has 1 atom stereocenters.